The number of likely N-dealkylation sites (N-methyl/N-ethyl adjacent to an activating group) is 2. The molecule has 4 aromatic heterocycles. The fourth-order valence-electron chi connectivity index (χ4n) is 17.2. The Hall–Kier alpha value is -9.93. The zero-order valence-corrected chi connectivity index (χ0v) is 84.7. The highest BCUT2D eigenvalue weighted by molar-refractivity contribution is 14.0. The van der Waals surface area contributed by atoms with Crippen LogP contribution < -0.4 is 5.32 Å². The topological polar surface area (TPSA) is 218 Å². The van der Waals surface area contributed by atoms with Crippen molar-refractivity contribution in [3.63, 3.8) is 0 Å². The average molecular weight is 2090 g/mol. The normalized spacial score (nSPS) is 18.5. The molecule has 12 aromatic rings. The zero-order chi connectivity index (χ0) is 95.2. The van der Waals surface area contributed by atoms with E-state index < -0.39 is 29.4 Å². The van der Waals surface area contributed by atoms with Crippen molar-refractivity contribution in [2.45, 2.75) is 137 Å². The molecule has 724 valence electrons. The Labute approximate surface area is 835 Å². The Kier molecular flexibility index (Phi) is 39.2. The number of carboxylic acids is 1. The number of aryl methyl sites for hydroxylation is 4. The minimum absolute atomic E-state index is 0. The lowest BCUT2D eigenvalue weighted by molar-refractivity contribution is -0.124. The largest absolute Gasteiger partial charge is 0.478 e. The molecule has 0 aliphatic carbocycles. The van der Waals surface area contributed by atoms with E-state index in [4.69, 9.17) is 51.5 Å². The van der Waals surface area contributed by atoms with Gasteiger partial charge in [0.1, 0.15) is 23.3 Å². The molecule has 4 saturated heterocycles. The number of benzene rings is 8. The summed E-state index contributed by atoms with van der Waals surface area (Å²) in [5, 5.41) is 16.6. The van der Waals surface area contributed by atoms with Crippen LogP contribution in [0.1, 0.15) is 147 Å². The minimum atomic E-state index is -0.999. The molecule has 16 rings (SSSR count). The van der Waals surface area contributed by atoms with Gasteiger partial charge in [-0.25, -0.2) is 22.4 Å². The summed E-state index contributed by atoms with van der Waals surface area (Å²) in [7, 11) is 13.5. The van der Waals surface area contributed by atoms with Crippen molar-refractivity contribution in [2.75, 3.05) is 80.5 Å². The van der Waals surface area contributed by atoms with E-state index in [9.17, 15) is 55.9 Å². The van der Waals surface area contributed by atoms with Gasteiger partial charge >= 0.3 is 5.97 Å². The SMILES string of the molecule is C.C[C@@H]1CN(Cc2ccc(F)cc2)[C@@H](C)CN1.C[C@@H]1CN(Cc2ccc(F)cc2)[C@@H](C)CN1C(=O)c1cc2c(C(=O)C(=O)N(C)C)cn(C)c2cc1Cl.C[C@@H]1CN(Cc2ccc(F)cc2)[C@@H](C)CN1C(=O)c1cc2c(C(=O)C(=O)N(C)C)cn(C)c2cc1Cl.C[C@@H]1CN(Cc2ccc(F)cc2)[C@@H](C)CN1C(=O)c1cc2ccn(C)c2cc1Cl.Cl.Cl.Cn1ccc2cc(C(=O)O)c(Cl)cc21.I. The number of piperazine rings is 4. The lowest BCUT2D eigenvalue weighted by atomic mass is 10.0. The molecule has 135 heavy (non-hydrogen) atoms. The van der Waals surface area contributed by atoms with E-state index in [1.165, 1.54) is 92.1 Å². The molecule has 0 radical (unpaired) electrons. The zero-order valence-electron chi connectivity index (χ0n) is 77.7. The molecule has 8 atom stereocenters. The van der Waals surface area contributed by atoms with Crippen molar-refractivity contribution >= 4 is 186 Å². The standard InChI is InChI=1S/2C27H30ClFN4O3.C23H25ClFN3O.C13H19FN2.C10H8ClNO2.CH4.2ClH.HI/c2*1-16-13-33(17(2)12-32(16)14-18-6-8-19(29)9-7-18)26(35)21-10-20-22(25(34)27(36)30(3)4)15-31(5)24(20)11-23(21)28;1-15-13-28(16(2)12-27(15)14-17-4-6-19(25)7-5-17)23(29)20-10-18-8-9-26(3)22(18)11-21(20)24;1-10-8-16(11(2)7-15-10)9-12-3-5-13(14)6-4-12;1-12-3-2-6-4-7(10(13)14)8(11)5-9(6)12;;;;/h2*6-11,15-17H,12-14H2,1-5H3;4-11,15-16H,12-14H2,1-3H3;3-6,10-11,15H,7-9H2,1-2H3;2-5H,1H3,(H,13,14);1H4;3*1H/t2*16-,17+;15-,16+;10-,11+;;;;;/m0001...../s1. The van der Waals surface area contributed by atoms with E-state index in [0.29, 0.717) is 111 Å². The Balaban J connectivity index is 0.000000214. The highest BCUT2D eigenvalue weighted by atomic mass is 127. The number of hydrogen-bond donors (Lipinski definition) is 2. The summed E-state index contributed by atoms with van der Waals surface area (Å²) in [4.78, 5) is 119. The highest BCUT2D eigenvalue weighted by Gasteiger charge is 2.39. The maximum absolute atomic E-state index is 13.7. The van der Waals surface area contributed by atoms with Crippen molar-refractivity contribution < 1.29 is 61.0 Å². The number of fused-ring (bicyclic) bond motifs is 4. The number of aromatic nitrogens is 4. The number of amides is 5. The van der Waals surface area contributed by atoms with Crippen molar-refractivity contribution in [2.24, 2.45) is 28.2 Å². The molecule has 34 heteroatoms. The first-order valence-electron chi connectivity index (χ1n) is 43.4. The second-order valence-electron chi connectivity index (χ2n) is 35.4. The van der Waals surface area contributed by atoms with Crippen LogP contribution in [0.4, 0.5) is 17.6 Å². The number of Topliss-reactive ketones (excluding diaryl/α,β-unsaturated/α-hetero) is 2. The Morgan fingerprint density at radius 2 is 0.637 bits per heavy atom. The Morgan fingerprint density at radius 1 is 0.363 bits per heavy atom. The number of carboxylic acid groups (broad SMARTS) is 1. The van der Waals surface area contributed by atoms with Gasteiger partial charge in [0, 0.05) is 241 Å². The van der Waals surface area contributed by atoms with Gasteiger partial charge in [0.2, 0.25) is 0 Å². The van der Waals surface area contributed by atoms with Gasteiger partial charge in [-0.15, -0.1) is 48.8 Å². The maximum Gasteiger partial charge on any atom is 0.337 e. The van der Waals surface area contributed by atoms with E-state index in [-0.39, 0.29) is 155 Å². The summed E-state index contributed by atoms with van der Waals surface area (Å²) in [6.45, 7) is 25.4. The van der Waals surface area contributed by atoms with Gasteiger partial charge in [-0.1, -0.05) is 102 Å². The molecule has 5 amide bonds. The molecule has 8 aromatic carbocycles. The number of halogens is 11. The molecule has 0 saturated carbocycles. The van der Waals surface area contributed by atoms with E-state index >= 15 is 0 Å². The van der Waals surface area contributed by atoms with Gasteiger partial charge in [0.25, 0.3) is 41.1 Å². The molecule has 4 fully saturated rings. The van der Waals surface area contributed by atoms with Crippen LogP contribution in [0.15, 0.2) is 183 Å². The fourth-order valence-corrected chi connectivity index (χ4v) is 18.2. The molecule has 4 aliphatic rings. The predicted molar refractivity (Wildman–Crippen MR) is 545 cm³/mol. The smallest absolute Gasteiger partial charge is 0.337 e. The maximum atomic E-state index is 13.7. The Morgan fingerprint density at radius 3 is 0.933 bits per heavy atom. The van der Waals surface area contributed by atoms with E-state index in [1.807, 2.05) is 103 Å². The lowest BCUT2D eigenvalue weighted by Gasteiger charge is -2.44. The van der Waals surface area contributed by atoms with Crippen LogP contribution in [0, 0.1) is 23.3 Å². The van der Waals surface area contributed by atoms with E-state index in [0.717, 1.165) is 71.2 Å². The van der Waals surface area contributed by atoms with Crippen molar-refractivity contribution in [3.05, 3.63) is 282 Å². The van der Waals surface area contributed by atoms with Gasteiger partial charge in [0.05, 0.1) is 64.5 Å². The van der Waals surface area contributed by atoms with Gasteiger partial charge in [-0.05, 0) is 187 Å². The third-order valence-electron chi connectivity index (χ3n) is 24.9. The fraction of sp³-hybridized carbons (Fsp3) is 0.366. The second kappa shape index (κ2) is 47.9. The van der Waals surface area contributed by atoms with E-state index in [2.05, 4.69) is 66.5 Å². The molecule has 0 bridgehead atoms. The summed E-state index contributed by atoms with van der Waals surface area (Å²) in [6, 6.07) is 45.1. The van der Waals surface area contributed by atoms with Gasteiger partial charge in [-0.2, -0.15) is 0 Å². The van der Waals surface area contributed by atoms with Gasteiger partial charge in [-0.3, -0.25) is 53.2 Å². The molecule has 0 unspecified atom stereocenters. The van der Waals surface area contributed by atoms with Crippen LogP contribution in [0.5, 0.6) is 0 Å². The van der Waals surface area contributed by atoms with Crippen LogP contribution in [0.2, 0.25) is 20.1 Å². The summed E-state index contributed by atoms with van der Waals surface area (Å²) < 4.78 is 59.8. The molecule has 2 N–H and O–H groups in total. The van der Waals surface area contributed by atoms with Crippen LogP contribution in [0.25, 0.3) is 43.6 Å². The van der Waals surface area contributed by atoms with Crippen molar-refractivity contribution in [1.29, 1.82) is 0 Å². The minimum Gasteiger partial charge on any atom is -0.478 e. The number of carbonyl (C=O) groups is 8. The van der Waals surface area contributed by atoms with Gasteiger partial charge in [0.15, 0.2) is 0 Å². The second-order valence-corrected chi connectivity index (χ2v) is 37.0. The first-order chi connectivity index (χ1) is 62.0. The Bertz CT molecular complexity index is 6040. The van der Waals surface area contributed by atoms with Gasteiger partial charge < -0.3 is 53.2 Å². The van der Waals surface area contributed by atoms with Crippen LogP contribution in [-0.2, 0) is 64.0 Å². The lowest BCUT2D eigenvalue weighted by Crippen LogP contribution is -2.57. The summed E-state index contributed by atoms with van der Waals surface area (Å²) in [6.07, 6.45) is 7.02. The van der Waals surface area contributed by atoms with Crippen LogP contribution >= 0.6 is 95.2 Å². The summed E-state index contributed by atoms with van der Waals surface area (Å²) in [5.74, 6) is -4.92. The third-order valence-corrected chi connectivity index (χ3v) is 26.2. The van der Waals surface area contributed by atoms with Crippen molar-refractivity contribution in [1.82, 2.24) is 67.7 Å². The average Bonchev–Trinajstić information content (AvgIpc) is 1.66. The number of rotatable bonds is 16. The first-order valence-corrected chi connectivity index (χ1v) is 45.0. The quantitative estimate of drug-likeness (QED) is 0.0398. The predicted octanol–water partition coefficient (Wildman–Crippen LogP) is 19.3. The summed E-state index contributed by atoms with van der Waals surface area (Å²) in [5.41, 5.74) is 9.32. The monoisotopic (exact) mass is 2080 g/mol. The number of hydrogen-bond acceptors (Lipinski definition) is 13. The van der Waals surface area contributed by atoms with Crippen LogP contribution in [-0.4, -0.2) is 243 Å². The molecular weight excluding hydrogens is 1970 g/mol. The molecule has 23 nitrogen and oxygen atoms in total. The number of ketones is 2. The van der Waals surface area contributed by atoms with Crippen LogP contribution in [0.3, 0.4) is 0 Å². The third kappa shape index (κ3) is 26.3. The number of carbonyl (C=O) groups excluding carboxylic acids is 7. The highest BCUT2D eigenvalue weighted by Crippen LogP contribution is 2.36. The number of nitrogens with zero attached hydrogens (tertiary/aromatic N) is 13. The molecule has 8 heterocycles. The van der Waals surface area contributed by atoms with Crippen molar-refractivity contribution in [3.8, 4) is 0 Å². The molecule has 4 aliphatic heterocycles. The summed E-state index contributed by atoms with van der Waals surface area (Å²) >= 11 is 25.4. The first kappa shape index (κ1) is 110. The number of nitrogens with one attached hydrogen (secondary N) is 1. The van der Waals surface area contributed by atoms with E-state index in [1.54, 1.807) is 106 Å². The number of aromatic carboxylic acids is 1. The molecule has 0 spiro atoms. The molecular formula is C101H119Cl6F4IN14O9.